The molecule has 0 atom stereocenters. The number of hydrogen-bond acceptors (Lipinski definition) is 2. The van der Waals surface area contributed by atoms with Gasteiger partial charge in [-0.1, -0.05) is 30.3 Å². The lowest BCUT2D eigenvalue weighted by Gasteiger charge is -2.08. The largest absolute Gasteiger partial charge is 0.392 e. The van der Waals surface area contributed by atoms with Gasteiger partial charge in [0, 0.05) is 23.6 Å². The number of carbonyl (C=O) groups excluding carboxylic acids is 1. The molecule has 0 aliphatic carbocycles. The molecule has 0 saturated heterocycles. The molecule has 0 aliphatic heterocycles. The normalized spacial score (nSPS) is 10.8. The van der Waals surface area contributed by atoms with Crippen molar-refractivity contribution in [1.29, 1.82) is 0 Å². The second kappa shape index (κ2) is 5.99. The Labute approximate surface area is 126 Å². The van der Waals surface area contributed by atoms with Gasteiger partial charge in [0.15, 0.2) is 0 Å². The van der Waals surface area contributed by atoms with Crippen molar-refractivity contribution in [3.63, 3.8) is 0 Å². The van der Waals surface area contributed by atoms with Gasteiger partial charge in [-0.3, -0.25) is 4.79 Å². The van der Waals surface area contributed by atoms with Crippen LogP contribution in [0, 0.1) is 5.82 Å². The summed E-state index contributed by atoms with van der Waals surface area (Å²) in [7, 11) is 0. The van der Waals surface area contributed by atoms with E-state index in [0.717, 1.165) is 11.1 Å². The second-order valence-corrected chi connectivity index (χ2v) is 4.97. The molecule has 0 radical (unpaired) electrons. The molecule has 1 amide bonds. The highest BCUT2D eigenvalue weighted by Crippen LogP contribution is 2.21. The molecule has 3 rings (SSSR count). The molecule has 5 heteroatoms. The minimum absolute atomic E-state index is 0.0895. The lowest BCUT2D eigenvalue weighted by atomic mass is 10.1. The molecular formula is C17H15FN2O2. The molecule has 0 unspecified atom stereocenters. The van der Waals surface area contributed by atoms with E-state index in [1.807, 2.05) is 18.2 Å². The molecule has 112 valence electrons. The van der Waals surface area contributed by atoms with E-state index in [0.29, 0.717) is 5.52 Å². The van der Waals surface area contributed by atoms with Gasteiger partial charge in [0.05, 0.1) is 12.2 Å². The summed E-state index contributed by atoms with van der Waals surface area (Å²) >= 11 is 0. The first-order valence-corrected chi connectivity index (χ1v) is 6.92. The zero-order valence-corrected chi connectivity index (χ0v) is 11.8. The van der Waals surface area contributed by atoms with Gasteiger partial charge >= 0.3 is 0 Å². The Kier molecular flexibility index (Phi) is 3.89. The number of H-pyrrole nitrogens is 1. The van der Waals surface area contributed by atoms with Crippen LogP contribution >= 0.6 is 0 Å². The number of fused-ring (bicyclic) bond motifs is 1. The van der Waals surface area contributed by atoms with Gasteiger partial charge in [-0.25, -0.2) is 4.39 Å². The van der Waals surface area contributed by atoms with Crippen LogP contribution in [-0.2, 0) is 13.2 Å². The number of halogens is 1. The fourth-order valence-corrected chi connectivity index (χ4v) is 2.47. The predicted molar refractivity (Wildman–Crippen MR) is 81.8 cm³/mol. The lowest BCUT2D eigenvalue weighted by Crippen LogP contribution is -2.23. The number of aromatic amines is 1. The number of hydrogen-bond donors (Lipinski definition) is 3. The van der Waals surface area contributed by atoms with E-state index in [-0.39, 0.29) is 30.0 Å². The number of benzene rings is 2. The van der Waals surface area contributed by atoms with Crippen molar-refractivity contribution < 1.29 is 14.3 Å². The molecule has 0 aliphatic rings. The Balaban J connectivity index is 1.82. The lowest BCUT2D eigenvalue weighted by molar-refractivity contribution is 0.0952. The van der Waals surface area contributed by atoms with Gasteiger partial charge in [-0.2, -0.15) is 0 Å². The topological polar surface area (TPSA) is 65.1 Å². The monoisotopic (exact) mass is 298 g/mol. The predicted octanol–water partition coefficient (Wildman–Crippen LogP) is 2.73. The Hall–Kier alpha value is -2.66. The van der Waals surface area contributed by atoms with Crippen molar-refractivity contribution >= 4 is 16.8 Å². The molecule has 0 bridgehead atoms. The second-order valence-electron chi connectivity index (χ2n) is 4.97. The van der Waals surface area contributed by atoms with Crippen LogP contribution in [0.1, 0.15) is 21.5 Å². The summed E-state index contributed by atoms with van der Waals surface area (Å²) in [6.45, 7) is 0.185. The third-order valence-corrected chi connectivity index (χ3v) is 3.63. The van der Waals surface area contributed by atoms with Crippen molar-refractivity contribution in [3.8, 4) is 0 Å². The van der Waals surface area contributed by atoms with Crippen molar-refractivity contribution in [3.05, 3.63) is 71.2 Å². The smallest absolute Gasteiger partial charge is 0.253 e. The van der Waals surface area contributed by atoms with Crippen LogP contribution in [0.2, 0.25) is 0 Å². The van der Waals surface area contributed by atoms with Crippen LogP contribution in [0.3, 0.4) is 0 Å². The minimum atomic E-state index is -0.431. The summed E-state index contributed by atoms with van der Waals surface area (Å²) in [6.07, 6.45) is 1.50. The summed E-state index contributed by atoms with van der Waals surface area (Å²) in [5.74, 6) is -0.788. The standard InChI is InChI=1S/C17H15FN2O2/c18-14-6-3-7-15-16(14)13(9-19-15)17(22)20-8-11-4-1-2-5-12(11)10-21/h1-7,9,19,21H,8,10H2,(H,20,22). The van der Waals surface area contributed by atoms with Gasteiger partial charge in [-0.05, 0) is 23.3 Å². The van der Waals surface area contributed by atoms with E-state index in [1.165, 1.54) is 12.3 Å². The van der Waals surface area contributed by atoms with Crippen LogP contribution in [0.4, 0.5) is 4.39 Å². The van der Waals surface area contributed by atoms with E-state index >= 15 is 0 Å². The van der Waals surface area contributed by atoms with E-state index in [1.54, 1.807) is 18.2 Å². The van der Waals surface area contributed by atoms with Gasteiger partial charge < -0.3 is 15.4 Å². The Morgan fingerprint density at radius 3 is 2.68 bits per heavy atom. The van der Waals surface area contributed by atoms with E-state index in [9.17, 15) is 14.3 Å². The third kappa shape index (κ3) is 2.58. The fraction of sp³-hybridized carbons (Fsp3) is 0.118. The summed E-state index contributed by atoms with van der Waals surface area (Å²) in [5, 5.41) is 12.3. The highest BCUT2D eigenvalue weighted by molar-refractivity contribution is 6.06. The first-order chi connectivity index (χ1) is 10.7. The molecule has 2 aromatic carbocycles. The number of aromatic nitrogens is 1. The first-order valence-electron chi connectivity index (χ1n) is 6.92. The zero-order valence-electron chi connectivity index (χ0n) is 11.8. The molecule has 1 aromatic heterocycles. The summed E-state index contributed by atoms with van der Waals surface area (Å²) in [4.78, 5) is 15.2. The zero-order chi connectivity index (χ0) is 15.5. The first kappa shape index (κ1) is 14.3. The van der Waals surface area contributed by atoms with Crippen LogP contribution in [-0.4, -0.2) is 16.0 Å². The highest BCUT2D eigenvalue weighted by atomic mass is 19.1. The average molecular weight is 298 g/mol. The highest BCUT2D eigenvalue weighted by Gasteiger charge is 2.15. The maximum atomic E-state index is 13.9. The van der Waals surface area contributed by atoms with Crippen LogP contribution in [0.15, 0.2) is 48.7 Å². The van der Waals surface area contributed by atoms with Crippen molar-refractivity contribution in [2.75, 3.05) is 0 Å². The molecule has 3 N–H and O–H groups in total. The fourth-order valence-electron chi connectivity index (χ4n) is 2.47. The number of aliphatic hydroxyl groups is 1. The maximum absolute atomic E-state index is 13.9. The van der Waals surface area contributed by atoms with Crippen LogP contribution < -0.4 is 5.32 Å². The van der Waals surface area contributed by atoms with Gasteiger partial charge in [0.25, 0.3) is 5.91 Å². The molecule has 0 saturated carbocycles. The maximum Gasteiger partial charge on any atom is 0.253 e. The number of carbonyl (C=O) groups is 1. The van der Waals surface area contributed by atoms with Gasteiger partial charge in [-0.15, -0.1) is 0 Å². The SMILES string of the molecule is O=C(NCc1ccccc1CO)c1c[nH]c2cccc(F)c12. The molecule has 22 heavy (non-hydrogen) atoms. The van der Waals surface area contributed by atoms with Gasteiger partial charge in [0.2, 0.25) is 0 Å². The molecule has 0 fully saturated rings. The van der Waals surface area contributed by atoms with Gasteiger partial charge in [0.1, 0.15) is 5.82 Å². The molecule has 4 nitrogen and oxygen atoms in total. The quantitative estimate of drug-likeness (QED) is 0.693. The van der Waals surface area contributed by atoms with Crippen molar-refractivity contribution in [1.82, 2.24) is 10.3 Å². The van der Waals surface area contributed by atoms with E-state index in [2.05, 4.69) is 10.3 Å². The number of aliphatic hydroxyl groups excluding tert-OH is 1. The minimum Gasteiger partial charge on any atom is -0.392 e. The molecule has 1 heterocycles. The third-order valence-electron chi connectivity index (χ3n) is 3.63. The summed E-state index contributed by atoms with van der Waals surface area (Å²) < 4.78 is 13.9. The average Bonchev–Trinajstić information content (AvgIpc) is 2.98. The molecule has 0 spiro atoms. The Morgan fingerprint density at radius 2 is 1.91 bits per heavy atom. The molecule has 3 aromatic rings. The van der Waals surface area contributed by atoms with Crippen LogP contribution in [0.5, 0.6) is 0 Å². The Morgan fingerprint density at radius 1 is 1.14 bits per heavy atom. The Bertz CT molecular complexity index is 826. The number of nitrogens with one attached hydrogen (secondary N) is 2. The molecular weight excluding hydrogens is 283 g/mol. The van der Waals surface area contributed by atoms with Crippen molar-refractivity contribution in [2.45, 2.75) is 13.2 Å². The van der Waals surface area contributed by atoms with E-state index in [4.69, 9.17) is 0 Å². The summed E-state index contributed by atoms with van der Waals surface area (Å²) in [5.41, 5.74) is 2.45. The van der Waals surface area contributed by atoms with Crippen LogP contribution in [0.25, 0.3) is 10.9 Å². The number of amides is 1. The van der Waals surface area contributed by atoms with E-state index < -0.39 is 5.82 Å². The number of rotatable bonds is 4. The summed E-state index contributed by atoms with van der Waals surface area (Å²) in [6, 6.07) is 11.9. The van der Waals surface area contributed by atoms with Crippen molar-refractivity contribution in [2.24, 2.45) is 0 Å².